The molecule has 0 aromatic heterocycles. The van der Waals surface area contributed by atoms with Crippen molar-refractivity contribution in [3.63, 3.8) is 0 Å². The Labute approximate surface area is 158 Å². The summed E-state index contributed by atoms with van der Waals surface area (Å²) >= 11 is 0. The van der Waals surface area contributed by atoms with Gasteiger partial charge in [-0.2, -0.15) is 0 Å². The van der Waals surface area contributed by atoms with Gasteiger partial charge in [0, 0.05) is 0 Å². The highest BCUT2D eigenvalue weighted by atomic mass is 16.5. The van der Waals surface area contributed by atoms with Gasteiger partial charge in [0.25, 0.3) is 0 Å². The second kappa shape index (κ2) is 13.2. The fourth-order valence-corrected chi connectivity index (χ4v) is 2.06. The molecule has 0 aliphatic carbocycles. The molecule has 7 nitrogen and oxygen atoms in total. The third-order valence-corrected chi connectivity index (χ3v) is 3.44. The van der Waals surface area contributed by atoms with Gasteiger partial charge in [-0.3, -0.25) is 0 Å². The number of carboxylic acids is 2. The van der Waals surface area contributed by atoms with Crippen LogP contribution in [-0.2, 0) is 16.0 Å². The molecular formula is C20H25NO6. The maximum absolute atomic E-state index is 9.10. The topological polar surface area (TPSA) is 105 Å². The average Bonchev–Trinajstić information content (AvgIpc) is 2.69. The molecule has 2 aromatic carbocycles. The zero-order valence-corrected chi connectivity index (χ0v) is 15.3. The number of ether oxygens (including phenoxy) is 2. The fourth-order valence-electron chi connectivity index (χ4n) is 2.06. The first-order chi connectivity index (χ1) is 13.0. The summed E-state index contributed by atoms with van der Waals surface area (Å²) in [4.78, 5) is 18.2. The van der Waals surface area contributed by atoms with Gasteiger partial charge in [0.05, 0.1) is 13.7 Å². The third kappa shape index (κ3) is 10.5. The van der Waals surface area contributed by atoms with Gasteiger partial charge in [-0.1, -0.05) is 30.3 Å². The van der Waals surface area contributed by atoms with Crippen molar-refractivity contribution < 1.29 is 29.3 Å². The molecule has 0 spiro atoms. The van der Waals surface area contributed by atoms with Crippen molar-refractivity contribution in [3.8, 4) is 11.5 Å². The van der Waals surface area contributed by atoms with Gasteiger partial charge >= 0.3 is 11.9 Å². The Bertz CT molecular complexity index is 661. The molecule has 0 atom stereocenters. The average molecular weight is 375 g/mol. The van der Waals surface area contributed by atoms with E-state index < -0.39 is 11.9 Å². The smallest absolute Gasteiger partial charge is 0.414 e. The summed E-state index contributed by atoms with van der Waals surface area (Å²) in [6.07, 6.45) is 2.07. The molecule has 0 aliphatic rings. The minimum absolute atomic E-state index is 0.727. The quantitative estimate of drug-likeness (QED) is 0.457. The van der Waals surface area contributed by atoms with E-state index in [0.717, 1.165) is 44.0 Å². The van der Waals surface area contributed by atoms with Gasteiger partial charge in [0.2, 0.25) is 0 Å². The summed E-state index contributed by atoms with van der Waals surface area (Å²) in [6, 6.07) is 18.2. The predicted molar refractivity (Wildman–Crippen MR) is 101 cm³/mol. The van der Waals surface area contributed by atoms with Gasteiger partial charge in [-0.05, 0) is 55.8 Å². The summed E-state index contributed by atoms with van der Waals surface area (Å²) in [5.74, 6) is -1.91. The van der Waals surface area contributed by atoms with E-state index in [1.807, 2.05) is 30.3 Å². The highest BCUT2D eigenvalue weighted by Crippen LogP contribution is 2.16. The molecule has 3 N–H and O–H groups in total. The van der Waals surface area contributed by atoms with Crippen LogP contribution in [0.25, 0.3) is 0 Å². The van der Waals surface area contributed by atoms with Crippen molar-refractivity contribution in [2.24, 2.45) is 0 Å². The van der Waals surface area contributed by atoms with E-state index in [4.69, 9.17) is 29.3 Å². The number of carbonyl (C=O) groups is 2. The SMILES string of the molecule is COc1ccc(OCCCNCCc2ccccc2)cc1.O=C(O)C(=O)O. The van der Waals surface area contributed by atoms with Crippen molar-refractivity contribution in [3.05, 3.63) is 60.2 Å². The Morgan fingerprint density at radius 2 is 1.48 bits per heavy atom. The normalized spacial score (nSPS) is 9.67. The first-order valence-electron chi connectivity index (χ1n) is 8.50. The Morgan fingerprint density at radius 1 is 0.889 bits per heavy atom. The lowest BCUT2D eigenvalue weighted by Gasteiger charge is -2.08. The van der Waals surface area contributed by atoms with Crippen LogP contribution >= 0.6 is 0 Å². The summed E-state index contributed by atoms with van der Waals surface area (Å²) < 4.78 is 10.8. The molecule has 2 aromatic rings. The second-order valence-corrected chi connectivity index (χ2v) is 5.47. The molecule has 27 heavy (non-hydrogen) atoms. The van der Waals surface area contributed by atoms with E-state index in [1.54, 1.807) is 7.11 Å². The van der Waals surface area contributed by atoms with Gasteiger partial charge in [0.15, 0.2) is 0 Å². The monoisotopic (exact) mass is 375 g/mol. The molecule has 0 saturated carbocycles. The number of rotatable bonds is 9. The number of benzene rings is 2. The standard InChI is InChI=1S/C18H23NO2.C2H2O4/c1-20-17-8-10-18(11-9-17)21-15-5-13-19-14-12-16-6-3-2-4-7-16;3-1(4)2(5)6/h2-4,6-11,19H,5,12-15H2,1H3;(H,3,4)(H,5,6). The lowest BCUT2D eigenvalue weighted by Crippen LogP contribution is -2.20. The van der Waals surface area contributed by atoms with E-state index in [2.05, 4.69) is 29.6 Å². The van der Waals surface area contributed by atoms with Crippen LogP contribution in [0.4, 0.5) is 0 Å². The lowest BCUT2D eigenvalue weighted by molar-refractivity contribution is -0.159. The molecule has 0 fully saturated rings. The molecule has 0 radical (unpaired) electrons. The Kier molecular flexibility index (Phi) is 10.7. The molecule has 0 bridgehead atoms. The van der Waals surface area contributed by atoms with E-state index >= 15 is 0 Å². The largest absolute Gasteiger partial charge is 0.497 e. The molecule has 0 amide bonds. The summed E-state index contributed by atoms with van der Waals surface area (Å²) in [6.45, 7) is 2.71. The zero-order chi connectivity index (χ0) is 19.9. The van der Waals surface area contributed by atoms with Crippen LogP contribution in [0, 0.1) is 0 Å². The van der Waals surface area contributed by atoms with Gasteiger partial charge in [0.1, 0.15) is 11.5 Å². The second-order valence-electron chi connectivity index (χ2n) is 5.47. The molecule has 0 unspecified atom stereocenters. The summed E-state index contributed by atoms with van der Waals surface area (Å²) in [7, 11) is 1.66. The zero-order valence-electron chi connectivity index (χ0n) is 15.3. The summed E-state index contributed by atoms with van der Waals surface area (Å²) in [5, 5.41) is 18.2. The number of carboxylic acid groups (broad SMARTS) is 2. The highest BCUT2D eigenvalue weighted by Gasteiger charge is 2.04. The van der Waals surface area contributed by atoms with Crippen LogP contribution in [0.15, 0.2) is 54.6 Å². The van der Waals surface area contributed by atoms with Crippen LogP contribution in [0.2, 0.25) is 0 Å². The van der Waals surface area contributed by atoms with E-state index in [1.165, 1.54) is 5.56 Å². The molecular weight excluding hydrogens is 350 g/mol. The van der Waals surface area contributed by atoms with Crippen molar-refractivity contribution in [2.45, 2.75) is 12.8 Å². The number of hydrogen-bond acceptors (Lipinski definition) is 5. The fraction of sp³-hybridized carbons (Fsp3) is 0.300. The first kappa shape index (κ1) is 22.0. The first-order valence-corrected chi connectivity index (χ1v) is 8.50. The molecule has 146 valence electrons. The lowest BCUT2D eigenvalue weighted by atomic mass is 10.1. The summed E-state index contributed by atoms with van der Waals surface area (Å²) in [5.41, 5.74) is 1.37. The van der Waals surface area contributed by atoms with E-state index in [9.17, 15) is 0 Å². The van der Waals surface area contributed by atoms with Gasteiger partial charge < -0.3 is 25.0 Å². The van der Waals surface area contributed by atoms with E-state index in [-0.39, 0.29) is 0 Å². The Morgan fingerprint density at radius 3 is 2.04 bits per heavy atom. The van der Waals surface area contributed by atoms with Crippen LogP contribution < -0.4 is 14.8 Å². The molecule has 0 heterocycles. The third-order valence-electron chi connectivity index (χ3n) is 3.44. The van der Waals surface area contributed by atoms with Gasteiger partial charge in [-0.15, -0.1) is 0 Å². The molecule has 0 saturated heterocycles. The minimum Gasteiger partial charge on any atom is -0.497 e. The molecule has 0 aliphatic heterocycles. The van der Waals surface area contributed by atoms with Crippen LogP contribution in [0.5, 0.6) is 11.5 Å². The maximum Gasteiger partial charge on any atom is 0.414 e. The van der Waals surface area contributed by atoms with Crippen molar-refractivity contribution in [1.29, 1.82) is 0 Å². The predicted octanol–water partition coefficient (Wildman–Crippen LogP) is 2.45. The van der Waals surface area contributed by atoms with Crippen molar-refractivity contribution >= 4 is 11.9 Å². The van der Waals surface area contributed by atoms with E-state index in [0.29, 0.717) is 0 Å². The molecule has 7 heteroatoms. The minimum atomic E-state index is -1.82. The molecule has 2 rings (SSSR count). The highest BCUT2D eigenvalue weighted by molar-refractivity contribution is 6.27. The van der Waals surface area contributed by atoms with Crippen molar-refractivity contribution in [1.82, 2.24) is 5.32 Å². The maximum atomic E-state index is 9.10. The number of nitrogens with one attached hydrogen (secondary N) is 1. The van der Waals surface area contributed by atoms with Crippen molar-refractivity contribution in [2.75, 3.05) is 26.8 Å². The number of aliphatic carboxylic acids is 2. The van der Waals surface area contributed by atoms with Gasteiger partial charge in [-0.25, -0.2) is 9.59 Å². The van der Waals surface area contributed by atoms with Crippen LogP contribution in [-0.4, -0.2) is 49.0 Å². The van der Waals surface area contributed by atoms with Crippen LogP contribution in [0.1, 0.15) is 12.0 Å². The van der Waals surface area contributed by atoms with Crippen LogP contribution in [0.3, 0.4) is 0 Å². The number of hydrogen-bond donors (Lipinski definition) is 3. The Hall–Kier alpha value is -3.06. The number of methoxy groups -OCH3 is 1. The Balaban J connectivity index is 0.000000527.